The van der Waals surface area contributed by atoms with Crippen LogP contribution < -0.4 is 10.5 Å². The van der Waals surface area contributed by atoms with Gasteiger partial charge in [0.05, 0.1) is 10.0 Å². The van der Waals surface area contributed by atoms with Crippen LogP contribution in [0.1, 0.15) is 12.7 Å². The van der Waals surface area contributed by atoms with Gasteiger partial charge in [0.15, 0.2) is 0 Å². The second-order valence-corrected chi connectivity index (χ2v) is 5.37. The quantitative estimate of drug-likeness (QED) is 0.817. The van der Waals surface area contributed by atoms with Gasteiger partial charge in [-0.1, -0.05) is 30.1 Å². The van der Waals surface area contributed by atoms with Crippen molar-refractivity contribution in [2.45, 2.75) is 13.3 Å². The van der Waals surface area contributed by atoms with Gasteiger partial charge in [-0.3, -0.25) is 0 Å². The maximum absolute atomic E-state index is 6.08. The largest absolute Gasteiger partial charge is 0.437 e. The van der Waals surface area contributed by atoms with Crippen molar-refractivity contribution >= 4 is 44.9 Å². The molecule has 1 aromatic carbocycles. The van der Waals surface area contributed by atoms with Gasteiger partial charge in [0.25, 0.3) is 0 Å². The van der Waals surface area contributed by atoms with E-state index in [2.05, 4.69) is 25.9 Å². The van der Waals surface area contributed by atoms with E-state index in [1.807, 2.05) is 6.92 Å². The van der Waals surface area contributed by atoms with Crippen molar-refractivity contribution < 1.29 is 4.74 Å². The number of benzene rings is 1. The summed E-state index contributed by atoms with van der Waals surface area (Å²) < 4.78 is 6.30. The van der Waals surface area contributed by atoms with Gasteiger partial charge in [0.2, 0.25) is 5.88 Å². The fourth-order valence-electron chi connectivity index (χ4n) is 1.40. The van der Waals surface area contributed by atoms with Crippen molar-refractivity contribution in [3.8, 4) is 11.6 Å². The zero-order valence-corrected chi connectivity index (χ0v) is 13.1. The highest BCUT2D eigenvalue weighted by atomic mass is 79.9. The summed E-state index contributed by atoms with van der Waals surface area (Å²) in [4.78, 5) is 8.28. The molecule has 0 aliphatic carbocycles. The molecule has 0 unspecified atom stereocenters. The molecule has 0 bridgehead atoms. The van der Waals surface area contributed by atoms with Crippen LogP contribution in [0.4, 0.5) is 5.82 Å². The molecule has 2 aromatic rings. The molecule has 0 fully saturated rings. The fraction of sp³-hybridized carbons (Fsp3) is 0.167. The smallest absolute Gasteiger partial charge is 0.224 e. The lowest BCUT2D eigenvalue weighted by Gasteiger charge is -2.09. The van der Waals surface area contributed by atoms with E-state index < -0.39 is 0 Å². The molecule has 0 atom stereocenters. The monoisotopic (exact) mass is 361 g/mol. The third kappa shape index (κ3) is 3.49. The Kier molecular flexibility index (Phi) is 4.50. The van der Waals surface area contributed by atoms with E-state index in [4.69, 9.17) is 33.7 Å². The average Bonchev–Trinajstić information content (AvgIpc) is 2.35. The average molecular weight is 363 g/mol. The van der Waals surface area contributed by atoms with E-state index >= 15 is 0 Å². The summed E-state index contributed by atoms with van der Waals surface area (Å²) in [6.07, 6.45) is 0.663. The van der Waals surface area contributed by atoms with E-state index in [-0.39, 0.29) is 0 Å². The Morgan fingerprint density at radius 1 is 1.21 bits per heavy atom. The van der Waals surface area contributed by atoms with Crippen LogP contribution in [0, 0.1) is 0 Å². The summed E-state index contributed by atoms with van der Waals surface area (Å²) in [6.45, 7) is 1.93. The van der Waals surface area contributed by atoms with Crippen molar-refractivity contribution in [3.63, 3.8) is 0 Å². The Morgan fingerprint density at radius 2 is 1.95 bits per heavy atom. The van der Waals surface area contributed by atoms with Crippen LogP contribution in [-0.2, 0) is 6.42 Å². The number of nitrogens with zero attached hydrogens (tertiary/aromatic N) is 2. The van der Waals surface area contributed by atoms with Gasteiger partial charge in [-0.25, -0.2) is 4.98 Å². The number of hydrogen-bond donors (Lipinski definition) is 1. The molecule has 0 aliphatic rings. The molecule has 2 rings (SSSR count). The molecule has 7 heteroatoms. The van der Waals surface area contributed by atoms with Gasteiger partial charge in [0, 0.05) is 23.0 Å². The molecule has 100 valence electrons. The standard InChI is InChI=1S/C12H10BrCl2N3O/c1-2-11-17-10(16)5-12(18-11)19-9-4-7(14)6(13)3-8(9)15/h3-5H,2H2,1H3,(H2,16,17,18). The minimum absolute atomic E-state index is 0.338. The zero-order valence-electron chi connectivity index (χ0n) is 9.95. The van der Waals surface area contributed by atoms with E-state index in [0.29, 0.717) is 44.2 Å². The van der Waals surface area contributed by atoms with Crippen LogP contribution in [0.2, 0.25) is 10.0 Å². The summed E-state index contributed by atoms with van der Waals surface area (Å²) in [5.41, 5.74) is 5.68. The van der Waals surface area contributed by atoms with Crippen molar-refractivity contribution in [2.24, 2.45) is 0 Å². The molecule has 0 saturated carbocycles. The lowest BCUT2D eigenvalue weighted by Crippen LogP contribution is -2.00. The Morgan fingerprint density at radius 3 is 2.63 bits per heavy atom. The van der Waals surface area contributed by atoms with E-state index in [9.17, 15) is 0 Å². The maximum atomic E-state index is 6.08. The molecule has 4 nitrogen and oxygen atoms in total. The van der Waals surface area contributed by atoms with Crippen LogP contribution in [-0.4, -0.2) is 9.97 Å². The number of aromatic nitrogens is 2. The Labute approximate surface area is 129 Å². The second-order valence-electron chi connectivity index (χ2n) is 3.70. The first-order valence-electron chi connectivity index (χ1n) is 5.45. The maximum Gasteiger partial charge on any atom is 0.224 e. The molecular formula is C12H10BrCl2N3O. The second kappa shape index (κ2) is 5.94. The number of hydrogen-bond acceptors (Lipinski definition) is 4. The first-order valence-corrected chi connectivity index (χ1v) is 7.00. The highest BCUT2D eigenvalue weighted by molar-refractivity contribution is 9.10. The van der Waals surface area contributed by atoms with Gasteiger partial charge in [-0.05, 0) is 22.0 Å². The van der Waals surface area contributed by atoms with Crippen molar-refractivity contribution in [2.75, 3.05) is 5.73 Å². The lowest BCUT2D eigenvalue weighted by atomic mass is 10.3. The number of anilines is 1. The molecule has 1 aromatic heterocycles. The molecular weight excluding hydrogens is 353 g/mol. The number of rotatable bonds is 3. The highest BCUT2D eigenvalue weighted by Crippen LogP contribution is 2.36. The summed E-state index contributed by atoms with van der Waals surface area (Å²) in [5.74, 6) is 1.70. The van der Waals surface area contributed by atoms with Gasteiger partial charge < -0.3 is 10.5 Å². The molecule has 2 N–H and O–H groups in total. The third-order valence-corrected chi connectivity index (χ3v) is 3.77. The predicted molar refractivity (Wildman–Crippen MR) is 80.1 cm³/mol. The molecule has 0 saturated heterocycles. The first-order chi connectivity index (χ1) is 8.99. The fourth-order valence-corrected chi connectivity index (χ4v) is 2.23. The van der Waals surface area contributed by atoms with Gasteiger partial charge in [-0.15, -0.1) is 0 Å². The zero-order chi connectivity index (χ0) is 14.0. The number of nitrogens with two attached hydrogens (primary N) is 1. The minimum Gasteiger partial charge on any atom is -0.437 e. The first kappa shape index (κ1) is 14.4. The summed E-state index contributed by atoms with van der Waals surface area (Å²) in [6, 6.07) is 4.80. The van der Waals surface area contributed by atoms with E-state index in [1.165, 1.54) is 6.07 Å². The van der Waals surface area contributed by atoms with E-state index in [0.717, 1.165) is 0 Å². The SMILES string of the molecule is CCc1nc(N)cc(Oc2cc(Cl)c(Br)cc2Cl)n1. The molecule has 1 heterocycles. The van der Waals surface area contributed by atoms with Crippen LogP contribution in [0.15, 0.2) is 22.7 Å². The Balaban J connectivity index is 2.36. The third-order valence-electron chi connectivity index (χ3n) is 2.27. The molecule has 19 heavy (non-hydrogen) atoms. The molecule has 0 amide bonds. The normalized spacial score (nSPS) is 10.5. The minimum atomic E-state index is 0.338. The van der Waals surface area contributed by atoms with Crippen LogP contribution >= 0.6 is 39.1 Å². The highest BCUT2D eigenvalue weighted by Gasteiger charge is 2.10. The number of halogens is 3. The van der Waals surface area contributed by atoms with Crippen molar-refractivity contribution in [3.05, 3.63) is 38.5 Å². The molecule has 0 radical (unpaired) electrons. The number of ether oxygens (including phenoxy) is 1. The van der Waals surface area contributed by atoms with Crippen molar-refractivity contribution in [1.82, 2.24) is 9.97 Å². The Bertz CT molecular complexity index is 622. The van der Waals surface area contributed by atoms with Crippen LogP contribution in [0.5, 0.6) is 11.6 Å². The lowest BCUT2D eigenvalue weighted by molar-refractivity contribution is 0.459. The number of nitrogen functional groups attached to an aromatic ring is 1. The number of aryl methyl sites for hydroxylation is 1. The molecule has 0 spiro atoms. The Hall–Kier alpha value is -1.04. The van der Waals surface area contributed by atoms with Gasteiger partial charge in [0.1, 0.15) is 17.4 Å². The summed E-state index contributed by atoms with van der Waals surface area (Å²) >= 11 is 15.4. The van der Waals surface area contributed by atoms with Gasteiger partial charge >= 0.3 is 0 Å². The van der Waals surface area contributed by atoms with Crippen LogP contribution in [0.25, 0.3) is 0 Å². The van der Waals surface area contributed by atoms with Gasteiger partial charge in [-0.2, -0.15) is 4.98 Å². The van der Waals surface area contributed by atoms with Crippen LogP contribution in [0.3, 0.4) is 0 Å². The summed E-state index contributed by atoms with van der Waals surface area (Å²) in [5, 5.41) is 0.920. The topological polar surface area (TPSA) is 61.0 Å². The predicted octanol–water partition coefficient (Wildman–Crippen LogP) is 4.48. The van der Waals surface area contributed by atoms with E-state index in [1.54, 1.807) is 12.1 Å². The molecule has 0 aliphatic heterocycles. The summed E-state index contributed by atoms with van der Waals surface area (Å²) in [7, 11) is 0. The van der Waals surface area contributed by atoms with Crippen molar-refractivity contribution in [1.29, 1.82) is 0 Å².